The Morgan fingerprint density at radius 3 is 2.62 bits per heavy atom. The molecule has 1 aliphatic rings. The maximum atomic E-state index is 12.8. The van der Waals surface area contributed by atoms with Crippen LogP contribution in [-0.2, 0) is 20.5 Å². The van der Waals surface area contributed by atoms with Gasteiger partial charge in [-0.25, -0.2) is 4.79 Å². The number of amides is 3. The Kier molecular flexibility index (Phi) is 7.42. The van der Waals surface area contributed by atoms with Gasteiger partial charge >= 0.3 is 18.2 Å². The van der Waals surface area contributed by atoms with Gasteiger partial charge in [0.1, 0.15) is 5.92 Å². The number of halogens is 4. The van der Waals surface area contributed by atoms with Crippen LogP contribution in [0.3, 0.4) is 0 Å². The number of carbonyl (C=O) groups excluding carboxylic acids is 3. The standard InChI is InChI=1S/C17H15ClF3N3O4S/c1-3-28-15(26)13-8(2)22-16(27)24-14(13)29-7-12(25)23-11-6-9(17(19,20)21)4-5-10(11)18/h4-6,13H,3,7H2,1-2H3,(H,23,25). The van der Waals surface area contributed by atoms with Crippen molar-refractivity contribution < 1.29 is 32.3 Å². The second kappa shape index (κ2) is 9.40. The summed E-state index contributed by atoms with van der Waals surface area (Å²) in [6, 6.07) is 1.70. The number of hydrogen-bond donors (Lipinski definition) is 1. The molecular weight excluding hydrogens is 435 g/mol. The van der Waals surface area contributed by atoms with Gasteiger partial charge in [0.2, 0.25) is 5.91 Å². The first kappa shape index (κ1) is 22.9. The highest BCUT2D eigenvalue weighted by molar-refractivity contribution is 8.14. The predicted octanol–water partition coefficient (Wildman–Crippen LogP) is 4.20. The van der Waals surface area contributed by atoms with E-state index in [2.05, 4.69) is 15.3 Å². The zero-order chi connectivity index (χ0) is 21.8. The van der Waals surface area contributed by atoms with Crippen LogP contribution in [0.15, 0.2) is 28.2 Å². The lowest BCUT2D eigenvalue weighted by Gasteiger charge is -2.19. The first-order valence-electron chi connectivity index (χ1n) is 8.16. The fraction of sp³-hybridized carbons (Fsp3) is 0.353. The number of hydrogen-bond acceptors (Lipinski definition) is 5. The lowest BCUT2D eigenvalue weighted by molar-refractivity contribution is -0.143. The molecule has 12 heteroatoms. The molecule has 0 saturated heterocycles. The summed E-state index contributed by atoms with van der Waals surface area (Å²) in [6.07, 6.45) is -4.60. The van der Waals surface area contributed by atoms with Gasteiger partial charge in [-0.05, 0) is 32.0 Å². The minimum atomic E-state index is -4.60. The number of nitrogens with one attached hydrogen (secondary N) is 1. The summed E-state index contributed by atoms with van der Waals surface area (Å²) in [5, 5.41) is 2.22. The minimum absolute atomic E-state index is 0.0197. The van der Waals surface area contributed by atoms with E-state index in [1.807, 2.05) is 0 Å². The van der Waals surface area contributed by atoms with Crippen LogP contribution in [0, 0.1) is 5.92 Å². The van der Waals surface area contributed by atoms with Gasteiger partial charge in [0.05, 0.1) is 33.7 Å². The predicted molar refractivity (Wildman–Crippen MR) is 104 cm³/mol. The molecule has 7 nitrogen and oxygen atoms in total. The van der Waals surface area contributed by atoms with Crippen molar-refractivity contribution in [2.45, 2.75) is 20.0 Å². The van der Waals surface area contributed by atoms with Crippen molar-refractivity contribution in [3.8, 4) is 0 Å². The first-order chi connectivity index (χ1) is 13.5. The van der Waals surface area contributed by atoms with Gasteiger partial charge in [0.15, 0.2) is 0 Å². The highest BCUT2D eigenvalue weighted by atomic mass is 35.5. The summed E-state index contributed by atoms with van der Waals surface area (Å²) in [5.74, 6) is -2.73. The monoisotopic (exact) mass is 449 g/mol. The quantitative estimate of drug-likeness (QED) is 0.679. The molecule has 1 atom stereocenters. The van der Waals surface area contributed by atoms with Crippen molar-refractivity contribution in [1.82, 2.24) is 0 Å². The normalized spacial score (nSPS) is 16.8. The van der Waals surface area contributed by atoms with Crippen molar-refractivity contribution in [2.75, 3.05) is 17.7 Å². The van der Waals surface area contributed by atoms with Gasteiger partial charge in [0, 0.05) is 5.71 Å². The SMILES string of the molecule is CCOC(=O)C1C(C)=NC(=O)N=C1SCC(=O)Nc1cc(C(F)(F)F)ccc1Cl. The Hall–Kier alpha value is -2.40. The van der Waals surface area contributed by atoms with Crippen molar-refractivity contribution in [3.63, 3.8) is 0 Å². The molecule has 0 spiro atoms. The smallest absolute Gasteiger partial charge is 0.416 e. The highest BCUT2D eigenvalue weighted by Gasteiger charge is 2.34. The van der Waals surface area contributed by atoms with E-state index < -0.39 is 35.6 Å². The van der Waals surface area contributed by atoms with E-state index in [-0.39, 0.29) is 33.8 Å². The number of alkyl halides is 3. The summed E-state index contributed by atoms with van der Waals surface area (Å²) in [5.41, 5.74) is -1.01. The number of benzene rings is 1. The molecule has 1 N–H and O–H groups in total. The third kappa shape index (κ3) is 6.04. The number of nitrogens with zero attached hydrogens (tertiary/aromatic N) is 2. The van der Waals surface area contributed by atoms with Crippen LogP contribution >= 0.6 is 23.4 Å². The summed E-state index contributed by atoms with van der Waals surface area (Å²) >= 11 is 6.62. The molecule has 1 aromatic rings. The third-order valence-electron chi connectivity index (χ3n) is 3.58. The second-order valence-corrected chi connectivity index (χ2v) is 7.10. The van der Waals surface area contributed by atoms with Gasteiger partial charge in [-0.1, -0.05) is 23.4 Å². The average molecular weight is 450 g/mol. The lowest BCUT2D eigenvalue weighted by atomic mass is 10.1. The van der Waals surface area contributed by atoms with E-state index in [1.165, 1.54) is 6.92 Å². The largest absolute Gasteiger partial charge is 0.465 e. The first-order valence-corrected chi connectivity index (χ1v) is 9.53. The number of ether oxygens (including phenoxy) is 1. The molecule has 1 unspecified atom stereocenters. The molecule has 0 bridgehead atoms. The molecule has 0 fully saturated rings. The lowest BCUT2D eigenvalue weighted by Crippen LogP contribution is -2.34. The summed E-state index contributed by atoms with van der Waals surface area (Å²) in [4.78, 5) is 43.1. The van der Waals surface area contributed by atoms with Crippen LogP contribution in [0.4, 0.5) is 23.7 Å². The van der Waals surface area contributed by atoms with Crippen LogP contribution in [0.25, 0.3) is 0 Å². The minimum Gasteiger partial charge on any atom is -0.465 e. The van der Waals surface area contributed by atoms with Gasteiger partial charge in [0.25, 0.3) is 0 Å². The summed E-state index contributed by atoms with van der Waals surface area (Å²) in [7, 11) is 0. The zero-order valence-electron chi connectivity index (χ0n) is 15.2. The molecule has 2 rings (SSSR count). The molecule has 156 valence electrons. The molecule has 0 radical (unpaired) electrons. The van der Waals surface area contributed by atoms with Crippen molar-refractivity contribution in [3.05, 3.63) is 28.8 Å². The number of aliphatic imine (C=N–C) groups is 2. The Bertz CT molecular complexity index is 902. The number of thioether (sulfide) groups is 1. The molecule has 29 heavy (non-hydrogen) atoms. The maximum absolute atomic E-state index is 12.8. The number of esters is 1. The van der Waals surface area contributed by atoms with E-state index in [4.69, 9.17) is 16.3 Å². The van der Waals surface area contributed by atoms with Crippen molar-refractivity contribution in [2.24, 2.45) is 15.9 Å². The van der Waals surface area contributed by atoms with Crippen LogP contribution in [0.5, 0.6) is 0 Å². The molecule has 0 aromatic heterocycles. The number of urea groups is 1. The van der Waals surface area contributed by atoms with Crippen LogP contribution < -0.4 is 5.32 Å². The van der Waals surface area contributed by atoms with Crippen molar-refractivity contribution in [1.29, 1.82) is 0 Å². The summed E-state index contributed by atoms with van der Waals surface area (Å²) < 4.78 is 43.4. The molecule has 3 amide bonds. The average Bonchev–Trinajstić information content (AvgIpc) is 2.60. The molecule has 1 heterocycles. The van der Waals surface area contributed by atoms with E-state index in [9.17, 15) is 27.6 Å². The molecule has 1 aliphatic heterocycles. The molecule has 1 aromatic carbocycles. The molecular formula is C17H15ClF3N3O4S. The second-order valence-electron chi connectivity index (χ2n) is 5.70. The number of anilines is 1. The maximum Gasteiger partial charge on any atom is 0.416 e. The molecule has 0 aliphatic carbocycles. The van der Waals surface area contributed by atoms with Crippen molar-refractivity contribution >= 4 is 57.7 Å². The van der Waals surface area contributed by atoms with Crippen LogP contribution in [-0.4, -0.2) is 41.0 Å². The Balaban J connectivity index is 2.10. The van der Waals surface area contributed by atoms with Crippen LogP contribution in [0.1, 0.15) is 19.4 Å². The summed E-state index contributed by atoms with van der Waals surface area (Å²) in [6.45, 7) is 3.16. The Morgan fingerprint density at radius 2 is 2.00 bits per heavy atom. The van der Waals surface area contributed by atoms with E-state index in [1.54, 1.807) is 6.92 Å². The Morgan fingerprint density at radius 1 is 1.31 bits per heavy atom. The fourth-order valence-electron chi connectivity index (χ4n) is 2.31. The topological polar surface area (TPSA) is 97.2 Å². The van der Waals surface area contributed by atoms with E-state index in [0.717, 1.165) is 23.9 Å². The van der Waals surface area contributed by atoms with Gasteiger partial charge in [-0.15, -0.1) is 0 Å². The van der Waals surface area contributed by atoms with Gasteiger partial charge in [-0.3, -0.25) is 9.59 Å². The number of carbonyl (C=O) groups is 3. The third-order valence-corrected chi connectivity index (χ3v) is 4.94. The van der Waals surface area contributed by atoms with E-state index in [0.29, 0.717) is 6.07 Å². The van der Waals surface area contributed by atoms with Gasteiger partial charge in [-0.2, -0.15) is 23.2 Å². The zero-order valence-corrected chi connectivity index (χ0v) is 16.7. The number of rotatable bonds is 5. The molecule has 0 saturated carbocycles. The highest BCUT2D eigenvalue weighted by Crippen LogP contribution is 2.34. The fourth-order valence-corrected chi connectivity index (χ4v) is 3.41. The van der Waals surface area contributed by atoms with E-state index >= 15 is 0 Å². The van der Waals surface area contributed by atoms with Crippen LogP contribution in [0.2, 0.25) is 5.02 Å². The Labute approximate surface area is 172 Å². The van der Waals surface area contributed by atoms with Gasteiger partial charge < -0.3 is 10.1 Å².